The summed E-state index contributed by atoms with van der Waals surface area (Å²) >= 11 is 0. The lowest BCUT2D eigenvalue weighted by Crippen LogP contribution is -2.23. The van der Waals surface area contributed by atoms with Crippen molar-refractivity contribution in [2.24, 2.45) is 7.05 Å². The molecule has 23 heavy (non-hydrogen) atoms. The molecule has 0 N–H and O–H groups in total. The molecule has 1 aliphatic heterocycles. The fourth-order valence-corrected chi connectivity index (χ4v) is 3.27. The zero-order valence-electron chi connectivity index (χ0n) is 14.0. The van der Waals surface area contributed by atoms with Gasteiger partial charge in [-0.2, -0.15) is 5.10 Å². The first-order valence-corrected chi connectivity index (χ1v) is 8.06. The number of aromatic nitrogens is 2. The number of ether oxygens (including phenoxy) is 1. The molecule has 0 amide bonds. The molecule has 0 spiro atoms. The number of carbonyl (C=O) groups is 1. The largest absolute Gasteiger partial charge is 0.464 e. The number of aryl methyl sites for hydroxylation is 1. The van der Waals surface area contributed by atoms with Crippen molar-refractivity contribution in [3.63, 3.8) is 0 Å². The number of likely N-dealkylation sites (tertiary alicyclic amines) is 1. The molecule has 0 saturated carbocycles. The van der Waals surface area contributed by atoms with Crippen molar-refractivity contribution in [2.45, 2.75) is 25.8 Å². The molecule has 5 nitrogen and oxygen atoms in total. The third-order valence-corrected chi connectivity index (χ3v) is 4.71. The zero-order chi connectivity index (χ0) is 16.4. The van der Waals surface area contributed by atoms with E-state index >= 15 is 0 Å². The topological polar surface area (TPSA) is 47.4 Å². The van der Waals surface area contributed by atoms with E-state index in [0.717, 1.165) is 11.1 Å². The second-order valence-corrected chi connectivity index (χ2v) is 6.06. The first kappa shape index (κ1) is 15.7. The van der Waals surface area contributed by atoms with Gasteiger partial charge in [0.15, 0.2) is 5.69 Å². The van der Waals surface area contributed by atoms with E-state index in [1.165, 1.54) is 38.6 Å². The summed E-state index contributed by atoms with van der Waals surface area (Å²) in [5, 5.41) is 4.19. The number of carbonyl (C=O) groups excluding carboxylic acids is 1. The molecule has 1 aliphatic rings. The van der Waals surface area contributed by atoms with Gasteiger partial charge < -0.3 is 4.74 Å². The molecule has 5 heteroatoms. The SMILES string of the molecule is COC(=O)c1c(-c2ccc([C@@H](C)N3CCCC3)cc2)cnn1C. The van der Waals surface area contributed by atoms with Crippen molar-refractivity contribution in [3.8, 4) is 11.1 Å². The highest BCUT2D eigenvalue weighted by Crippen LogP contribution is 2.28. The van der Waals surface area contributed by atoms with E-state index in [-0.39, 0.29) is 5.97 Å². The summed E-state index contributed by atoms with van der Waals surface area (Å²) in [6.45, 7) is 4.61. The summed E-state index contributed by atoms with van der Waals surface area (Å²) in [4.78, 5) is 14.5. The van der Waals surface area contributed by atoms with Crippen LogP contribution in [-0.2, 0) is 11.8 Å². The smallest absolute Gasteiger partial charge is 0.356 e. The Balaban J connectivity index is 1.86. The maximum atomic E-state index is 11.9. The van der Waals surface area contributed by atoms with Gasteiger partial charge in [-0.05, 0) is 44.0 Å². The molecule has 1 aromatic heterocycles. The quantitative estimate of drug-likeness (QED) is 0.814. The van der Waals surface area contributed by atoms with Crippen LogP contribution in [0.4, 0.5) is 0 Å². The van der Waals surface area contributed by atoms with Gasteiger partial charge in [0.25, 0.3) is 0 Å². The number of benzene rings is 1. The van der Waals surface area contributed by atoms with Crippen molar-refractivity contribution in [2.75, 3.05) is 20.2 Å². The van der Waals surface area contributed by atoms with Crippen LogP contribution in [0.5, 0.6) is 0 Å². The molecule has 2 aromatic rings. The number of hydrogen-bond acceptors (Lipinski definition) is 4. The van der Waals surface area contributed by atoms with Crippen molar-refractivity contribution in [3.05, 3.63) is 41.7 Å². The molecule has 0 radical (unpaired) electrons. The van der Waals surface area contributed by atoms with Gasteiger partial charge in [0, 0.05) is 18.7 Å². The Bertz CT molecular complexity index is 685. The van der Waals surface area contributed by atoms with Gasteiger partial charge in [0.2, 0.25) is 0 Å². The number of hydrogen-bond donors (Lipinski definition) is 0. The molecule has 122 valence electrons. The highest BCUT2D eigenvalue weighted by Gasteiger charge is 2.21. The predicted octanol–water partition coefficient (Wildman–Crippen LogP) is 3.03. The van der Waals surface area contributed by atoms with E-state index < -0.39 is 0 Å². The maximum Gasteiger partial charge on any atom is 0.356 e. The van der Waals surface area contributed by atoms with Gasteiger partial charge in [-0.3, -0.25) is 9.58 Å². The zero-order valence-corrected chi connectivity index (χ0v) is 14.0. The lowest BCUT2D eigenvalue weighted by atomic mass is 10.0. The molecular weight excluding hydrogens is 290 g/mol. The lowest BCUT2D eigenvalue weighted by Gasteiger charge is -2.24. The summed E-state index contributed by atoms with van der Waals surface area (Å²) in [7, 11) is 3.14. The molecule has 2 heterocycles. The average Bonchev–Trinajstić information content (AvgIpc) is 3.23. The van der Waals surface area contributed by atoms with E-state index in [1.54, 1.807) is 17.9 Å². The van der Waals surface area contributed by atoms with Crippen molar-refractivity contribution in [1.29, 1.82) is 0 Å². The first-order valence-electron chi connectivity index (χ1n) is 8.06. The molecule has 1 saturated heterocycles. The van der Waals surface area contributed by atoms with Crippen LogP contribution in [0, 0.1) is 0 Å². The van der Waals surface area contributed by atoms with E-state index in [1.807, 2.05) is 0 Å². The fourth-order valence-electron chi connectivity index (χ4n) is 3.27. The molecule has 0 aliphatic carbocycles. The first-order chi connectivity index (χ1) is 11.1. The maximum absolute atomic E-state index is 11.9. The molecule has 0 unspecified atom stereocenters. The van der Waals surface area contributed by atoms with Crippen LogP contribution < -0.4 is 0 Å². The molecule has 1 aromatic carbocycles. The average molecular weight is 313 g/mol. The fraction of sp³-hybridized carbons (Fsp3) is 0.444. The van der Waals surface area contributed by atoms with Crippen LogP contribution in [0.25, 0.3) is 11.1 Å². The predicted molar refractivity (Wildman–Crippen MR) is 89.2 cm³/mol. The molecule has 0 bridgehead atoms. The summed E-state index contributed by atoms with van der Waals surface area (Å²) < 4.78 is 6.42. The Morgan fingerprint density at radius 2 is 1.87 bits per heavy atom. The van der Waals surface area contributed by atoms with Crippen molar-refractivity contribution < 1.29 is 9.53 Å². The van der Waals surface area contributed by atoms with E-state index in [4.69, 9.17) is 4.74 Å². The number of esters is 1. The third-order valence-electron chi connectivity index (χ3n) is 4.71. The van der Waals surface area contributed by atoms with Crippen LogP contribution in [0.3, 0.4) is 0 Å². The number of rotatable bonds is 4. The summed E-state index contributed by atoms with van der Waals surface area (Å²) in [6, 6.07) is 8.84. The van der Waals surface area contributed by atoms with Crippen molar-refractivity contribution in [1.82, 2.24) is 14.7 Å². The Kier molecular flexibility index (Phi) is 4.48. The second-order valence-electron chi connectivity index (χ2n) is 6.06. The normalized spacial score (nSPS) is 16.5. The Morgan fingerprint density at radius 1 is 1.22 bits per heavy atom. The lowest BCUT2D eigenvalue weighted by molar-refractivity contribution is 0.0589. The monoisotopic (exact) mass is 313 g/mol. The molecule has 3 rings (SSSR count). The number of nitrogens with zero attached hydrogens (tertiary/aromatic N) is 3. The van der Waals surface area contributed by atoms with Gasteiger partial charge >= 0.3 is 5.97 Å². The summed E-state index contributed by atoms with van der Waals surface area (Å²) in [5.41, 5.74) is 3.57. The van der Waals surface area contributed by atoms with E-state index in [0.29, 0.717) is 11.7 Å². The van der Waals surface area contributed by atoms with E-state index in [2.05, 4.69) is 41.2 Å². The van der Waals surface area contributed by atoms with E-state index in [9.17, 15) is 4.79 Å². The van der Waals surface area contributed by atoms with Crippen LogP contribution in [0.15, 0.2) is 30.5 Å². The Labute approximate surface area is 136 Å². The highest BCUT2D eigenvalue weighted by atomic mass is 16.5. The third kappa shape index (κ3) is 3.01. The van der Waals surface area contributed by atoms with Gasteiger partial charge in [-0.25, -0.2) is 4.79 Å². The van der Waals surface area contributed by atoms with Crippen LogP contribution in [0.1, 0.15) is 41.9 Å². The number of methoxy groups -OCH3 is 1. The minimum absolute atomic E-state index is 0.366. The minimum Gasteiger partial charge on any atom is -0.464 e. The Morgan fingerprint density at radius 3 is 2.48 bits per heavy atom. The van der Waals surface area contributed by atoms with Crippen LogP contribution >= 0.6 is 0 Å². The Hall–Kier alpha value is -2.14. The van der Waals surface area contributed by atoms with Gasteiger partial charge in [0.05, 0.1) is 13.3 Å². The van der Waals surface area contributed by atoms with Gasteiger partial charge in [-0.15, -0.1) is 0 Å². The molecule has 1 fully saturated rings. The second kappa shape index (κ2) is 6.54. The van der Waals surface area contributed by atoms with Crippen LogP contribution in [-0.4, -0.2) is 40.8 Å². The highest BCUT2D eigenvalue weighted by molar-refractivity contribution is 5.95. The van der Waals surface area contributed by atoms with Crippen LogP contribution in [0.2, 0.25) is 0 Å². The standard InChI is InChI=1S/C18H23N3O2/c1-13(21-10-4-5-11-21)14-6-8-15(9-7-14)16-12-19-20(2)17(16)18(22)23-3/h6-9,12-13H,4-5,10-11H2,1-3H3/t13-/m1/s1. The van der Waals surface area contributed by atoms with Gasteiger partial charge in [0.1, 0.15) is 0 Å². The minimum atomic E-state index is -0.366. The summed E-state index contributed by atoms with van der Waals surface area (Å²) in [5.74, 6) is -0.366. The molecular formula is C18H23N3O2. The summed E-state index contributed by atoms with van der Waals surface area (Å²) in [6.07, 6.45) is 4.30. The van der Waals surface area contributed by atoms with Crippen molar-refractivity contribution >= 4 is 5.97 Å². The van der Waals surface area contributed by atoms with Gasteiger partial charge in [-0.1, -0.05) is 24.3 Å². The molecule has 1 atom stereocenters.